The number of anilines is 2. The molecular formula is C23H24N2O4. The van der Waals surface area contributed by atoms with Crippen LogP contribution in [0.1, 0.15) is 42.5 Å². The lowest BCUT2D eigenvalue weighted by Crippen LogP contribution is -2.26. The summed E-state index contributed by atoms with van der Waals surface area (Å²) in [6.45, 7) is 0. The number of hydrogen-bond acceptors (Lipinski definition) is 5. The van der Waals surface area contributed by atoms with Gasteiger partial charge >= 0.3 is 5.63 Å². The van der Waals surface area contributed by atoms with E-state index in [1.54, 1.807) is 30.3 Å². The zero-order valence-electron chi connectivity index (χ0n) is 16.4. The molecule has 1 saturated carbocycles. The maximum Gasteiger partial charge on any atom is 0.362 e. The van der Waals surface area contributed by atoms with E-state index in [4.69, 9.17) is 9.15 Å². The summed E-state index contributed by atoms with van der Waals surface area (Å²) in [5.41, 5.74) is 1.01. The number of benzene rings is 2. The number of hydrogen-bond donors (Lipinski definition) is 2. The highest BCUT2D eigenvalue weighted by Gasteiger charge is 2.22. The van der Waals surface area contributed by atoms with E-state index < -0.39 is 11.5 Å². The Labute approximate surface area is 168 Å². The lowest BCUT2D eigenvalue weighted by Gasteiger charge is -2.25. The number of para-hydroxylation sites is 2. The molecular weight excluding hydrogens is 368 g/mol. The second-order valence-electron chi connectivity index (χ2n) is 7.27. The summed E-state index contributed by atoms with van der Waals surface area (Å²) in [5.74, 6) is 0.0219. The molecule has 1 aliphatic rings. The minimum absolute atomic E-state index is 0.130. The summed E-state index contributed by atoms with van der Waals surface area (Å²) < 4.78 is 10.8. The van der Waals surface area contributed by atoms with Crippen molar-refractivity contribution in [3.63, 3.8) is 0 Å². The van der Waals surface area contributed by atoms with Gasteiger partial charge in [0.1, 0.15) is 11.3 Å². The summed E-state index contributed by atoms with van der Waals surface area (Å²) in [6, 6.07) is 14.5. The first-order chi connectivity index (χ1) is 14.2. The smallest absolute Gasteiger partial charge is 0.362 e. The lowest BCUT2D eigenvalue weighted by molar-refractivity contribution is 0.102. The SMILES string of the molecule is COc1ccccc1C(=O)Nc1c(NC2CCCCC2)c2ccccc2oc1=O. The molecule has 0 radical (unpaired) electrons. The number of carbonyl (C=O) groups is 1. The Morgan fingerprint density at radius 1 is 1.00 bits per heavy atom. The van der Waals surface area contributed by atoms with E-state index in [-0.39, 0.29) is 11.7 Å². The van der Waals surface area contributed by atoms with Gasteiger partial charge in [-0.15, -0.1) is 0 Å². The third kappa shape index (κ3) is 3.97. The Morgan fingerprint density at radius 3 is 2.52 bits per heavy atom. The first kappa shape index (κ1) is 19.1. The number of amides is 1. The minimum atomic E-state index is -0.578. The molecule has 1 amide bonds. The fourth-order valence-corrected chi connectivity index (χ4v) is 3.88. The van der Waals surface area contributed by atoms with Crippen LogP contribution in [0.4, 0.5) is 11.4 Å². The van der Waals surface area contributed by atoms with Crippen molar-refractivity contribution < 1.29 is 13.9 Å². The standard InChI is InChI=1S/C23H24N2O4/c1-28-18-13-7-6-12-17(18)22(26)25-21-20(24-15-9-3-2-4-10-15)16-11-5-8-14-19(16)29-23(21)27/h5-8,11-15,24H,2-4,9-10H2,1H3,(H,25,26). The number of methoxy groups -OCH3 is 1. The van der Waals surface area contributed by atoms with Crippen molar-refractivity contribution in [2.75, 3.05) is 17.7 Å². The normalized spacial score (nSPS) is 14.5. The van der Waals surface area contributed by atoms with Crippen LogP contribution in [0.25, 0.3) is 11.0 Å². The summed E-state index contributed by atoms with van der Waals surface area (Å²) in [5, 5.41) is 7.05. The number of rotatable bonds is 5. The molecule has 150 valence electrons. The van der Waals surface area contributed by atoms with E-state index in [9.17, 15) is 9.59 Å². The van der Waals surface area contributed by atoms with Crippen molar-refractivity contribution in [3.8, 4) is 5.75 Å². The van der Waals surface area contributed by atoms with Crippen molar-refractivity contribution in [1.29, 1.82) is 0 Å². The summed E-state index contributed by atoms with van der Waals surface area (Å²) in [7, 11) is 1.51. The Balaban J connectivity index is 1.76. The van der Waals surface area contributed by atoms with Gasteiger partial charge in [0.25, 0.3) is 5.91 Å². The van der Waals surface area contributed by atoms with Crippen LogP contribution in [0.15, 0.2) is 57.7 Å². The Hall–Kier alpha value is -3.28. The van der Waals surface area contributed by atoms with E-state index in [1.807, 2.05) is 18.2 Å². The van der Waals surface area contributed by atoms with Gasteiger partial charge < -0.3 is 19.8 Å². The van der Waals surface area contributed by atoms with Crippen LogP contribution in [0, 0.1) is 0 Å². The molecule has 1 aliphatic carbocycles. The molecule has 0 atom stereocenters. The first-order valence-electron chi connectivity index (χ1n) is 9.94. The molecule has 0 spiro atoms. The molecule has 6 heteroatoms. The maximum atomic E-state index is 12.9. The van der Waals surface area contributed by atoms with Crippen molar-refractivity contribution in [2.24, 2.45) is 0 Å². The average molecular weight is 392 g/mol. The molecule has 2 N–H and O–H groups in total. The molecule has 0 unspecified atom stereocenters. The van der Waals surface area contributed by atoms with Crippen LogP contribution in [-0.2, 0) is 0 Å². The third-order valence-corrected chi connectivity index (χ3v) is 5.36. The van der Waals surface area contributed by atoms with Gasteiger partial charge in [-0.25, -0.2) is 4.79 Å². The second-order valence-corrected chi connectivity index (χ2v) is 7.27. The van der Waals surface area contributed by atoms with Crippen molar-refractivity contribution in [3.05, 3.63) is 64.5 Å². The van der Waals surface area contributed by atoms with Crippen molar-refractivity contribution in [1.82, 2.24) is 0 Å². The highest BCUT2D eigenvalue weighted by atomic mass is 16.5. The van der Waals surface area contributed by atoms with Crippen LogP contribution in [0.3, 0.4) is 0 Å². The monoisotopic (exact) mass is 392 g/mol. The Morgan fingerprint density at radius 2 is 1.72 bits per heavy atom. The fraction of sp³-hybridized carbons (Fsp3) is 0.304. The topological polar surface area (TPSA) is 80.6 Å². The van der Waals surface area contributed by atoms with E-state index >= 15 is 0 Å². The van der Waals surface area contributed by atoms with E-state index in [0.717, 1.165) is 31.1 Å². The molecule has 1 aromatic heterocycles. The molecule has 4 rings (SSSR count). The molecule has 1 heterocycles. The van der Waals surface area contributed by atoms with Gasteiger partial charge in [-0.05, 0) is 37.1 Å². The third-order valence-electron chi connectivity index (χ3n) is 5.36. The van der Waals surface area contributed by atoms with Gasteiger partial charge in [-0.1, -0.05) is 43.5 Å². The van der Waals surface area contributed by atoms with Crippen LogP contribution >= 0.6 is 0 Å². The summed E-state index contributed by atoms with van der Waals surface area (Å²) in [4.78, 5) is 25.7. The number of fused-ring (bicyclic) bond motifs is 1. The predicted molar refractivity (Wildman–Crippen MR) is 114 cm³/mol. The van der Waals surface area contributed by atoms with Gasteiger partial charge in [0, 0.05) is 11.4 Å². The van der Waals surface area contributed by atoms with Crippen molar-refractivity contribution >= 4 is 28.3 Å². The van der Waals surface area contributed by atoms with Crippen LogP contribution in [0.5, 0.6) is 5.75 Å². The van der Waals surface area contributed by atoms with E-state index in [1.165, 1.54) is 13.5 Å². The van der Waals surface area contributed by atoms with Gasteiger partial charge in [0.05, 0.1) is 18.4 Å². The molecule has 6 nitrogen and oxygen atoms in total. The Bertz CT molecular complexity index is 1080. The average Bonchev–Trinajstić information content (AvgIpc) is 2.76. The second kappa shape index (κ2) is 8.39. The number of carbonyl (C=O) groups excluding carboxylic acids is 1. The van der Waals surface area contributed by atoms with Crippen LogP contribution < -0.4 is 21.0 Å². The quantitative estimate of drug-likeness (QED) is 0.610. The maximum absolute atomic E-state index is 12.9. The summed E-state index contributed by atoms with van der Waals surface area (Å²) >= 11 is 0. The van der Waals surface area contributed by atoms with E-state index in [0.29, 0.717) is 22.6 Å². The first-order valence-corrected chi connectivity index (χ1v) is 9.94. The summed E-state index contributed by atoms with van der Waals surface area (Å²) in [6.07, 6.45) is 5.61. The largest absolute Gasteiger partial charge is 0.496 e. The molecule has 0 bridgehead atoms. The van der Waals surface area contributed by atoms with E-state index in [2.05, 4.69) is 10.6 Å². The highest BCUT2D eigenvalue weighted by Crippen LogP contribution is 2.32. The molecule has 2 aromatic carbocycles. The highest BCUT2D eigenvalue weighted by molar-refractivity contribution is 6.09. The lowest BCUT2D eigenvalue weighted by atomic mass is 9.95. The van der Waals surface area contributed by atoms with Gasteiger partial charge in [0.2, 0.25) is 0 Å². The van der Waals surface area contributed by atoms with Crippen molar-refractivity contribution in [2.45, 2.75) is 38.1 Å². The zero-order valence-corrected chi connectivity index (χ0v) is 16.4. The molecule has 0 saturated heterocycles. The molecule has 29 heavy (non-hydrogen) atoms. The fourth-order valence-electron chi connectivity index (χ4n) is 3.88. The number of nitrogens with one attached hydrogen (secondary N) is 2. The predicted octanol–water partition coefficient (Wildman–Crippen LogP) is 4.80. The molecule has 0 aliphatic heterocycles. The van der Waals surface area contributed by atoms with Crippen LogP contribution in [-0.4, -0.2) is 19.1 Å². The van der Waals surface area contributed by atoms with Gasteiger partial charge in [-0.3, -0.25) is 4.79 Å². The Kier molecular flexibility index (Phi) is 5.51. The van der Waals surface area contributed by atoms with Gasteiger partial charge in [0.15, 0.2) is 5.69 Å². The molecule has 3 aromatic rings. The van der Waals surface area contributed by atoms with Gasteiger partial charge in [-0.2, -0.15) is 0 Å². The van der Waals surface area contributed by atoms with Crippen LogP contribution in [0.2, 0.25) is 0 Å². The number of ether oxygens (including phenoxy) is 1. The molecule has 1 fully saturated rings. The zero-order chi connectivity index (χ0) is 20.2. The minimum Gasteiger partial charge on any atom is -0.496 e.